The van der Waals surface area contributed by atoms with Gasteiger partial charge in [-0.15, -0.1) is 0 Å². The molecule has 0 aliphatic heterocycles. The number of furan rings is 1. The summed E-state index contributed by atoms with van der Waals surface area (Å²) >= 11 is 0. The Balaban J connectivity index is 1.89. The van der Waals surface area contributed by atoms with Gasteiger partial charge in [0.2, 0.25) is 0 Å². The van der Waals surface area contributed by atoms with Gasteiger partial charge in [-0.1, -0.05) is 32.0 Å². The minimum Gasteiger partial charge on any atom is -0.460 e. The lowest BCUT2D eigenvalue weighted by atomic mass is 10.0. The summed E-state index contributed by atoms with van der Waals surface area (Å²) in [6, 6.07) is 10.5. The van der Waals surface area contributed by atoms with Gasteiger partial charge in [-0.3, -0.25) is 4.90 Å². The standard InChI is InChI=1S/C16H24N2O/c1-12(2)15(17)8-9-18(3)11-14-10-13-6-4-5-7-16(13)19-14/h4-7,10,12,15H,8-9,11,17H2,1-3H3. The van der Waals surface area contributed by atoms with E-state index in [0.29, 0.717) is 5.92 Å². The Hall–Kier alpha value is -1.32. The van der Waals surface area contributed by atoms with Crippen LogP contribution in [0.25, 0.3) is 11.0 Å². The van der Waals surface area contributed by atoms with Gasteiger partial charge in [0.1, 0.15) is 11.3 Å². The van der Waals surface area contributed by atoms with Crippen LogP contribution in [-0.2, 0) is 6.54 Å². The molecule has 0 fully saturated rings. The van der Waals surface area contributed by atoms with Crippen molar-refractivity contribution in [3.05, 3.63) is 36.1 Å². The molecular formula is C16H24N2O. The molecule has 1 unspecified atom stereocenters. The third-order valence-electron chi connectivity index (χ3n) is 3.60. The van der Waals surface area contributed by atoms with E-state index in [1.807, 2.05) is 18.2 Å². The van der Waals surface area contributed by atoms with E-state index in [1.165, 1.54) is 5.39 Å². The van der Waals surface area contributed by atoms with Crippen molar-refractivity contribution in [2.24, 2.45) is 11.7 Å². The lowest BCUT2D eigenvalue weighted by Gasteiger charge is -2.20. The van der Waals surface area contributed by atoms with Crippen LogP contribution in [0, 0.1) is 5.92 Å². The molecule has 0 saturated carbocycles. The highest BCUT2D eigenvalue weighted by Crippen LogP contribution is 2.19. The van der Waals surface area contributed by atoms with Crippen LogP contribution in [0.1, 0.15) is 26.0 Å². The van der Waals surface area contributed by atoms with E-state index in [4.69, 9.17) is 10.2 Å². The molecule has 19 heavy (non-hydrogen) atoms. The average molecular weight is 260 g/mol. The molecule has 2 rings (SSSR count). The Morgan fingerprint density at radius 1 is 1.26 bits per heavy atom. The first-order valence-electron chi connectivity index (χ1n) is 6.98. The molecule has 1 heterocycles. The Morgan fingerprint density at radius 3 is 2.68 bits per heavy atom. The van der Waals surface area contributed by atoms with Crippen molar-refractivity contribution in [1.82, 2.24) is 4.90 Å². The molecule has 0 bridgehead atoms. The molecule has 1 atom stereocenters. The summed E-state index contributed by atoms with van der Waals surface area (Å²) in [5, 5.41) is 1.17. The first kappa shape index (κ1) is 14.1. The predicted octanol–water partition coefficient (Wildman–Crippen LogP) is 3.24. The topological polar surface area (TPSA) is 42.4 Å². The third kappa shape index (κ3) is 3.82. The predicted molar refractivity (Wildman–Crippen MR) is 80.0 cm³/mol. The summed E-state index contributed by atoms with van der Waals surface area (Å²) in [4.78, 5) is 2.26. The first-order chi connectivity index (χ1) is 9.06. The second-order valence-corrected chi connectivity index (χ2v) is 5.68. The van der Waals surface area contributed by atoms with E-state index in [2.05, 4.69) is 37.9 Å². The zero-order chi connectivity index (χ0) is 13.8. The van der Waals surface area contributed by atoms with Gasteiger partial charge < -0.3 is 10.2 Å². The van der Waals surface area contributed by atoms with Crippen LogP contribution in [0.5, 0.6) is 0 Å². The molecule has 1 aromatic heterocycles. The molecule has 104 valence electrons. The molecule has 2 N–H and O–H groups in total. The molecule has 0 aliphatic rings. The van der Waals surface area contributed by atoms with Crippen LogP contribution < -0.4 is 5.73 Å². The molecular weight excluding hydrogens is 236 g/mol. The molecule has 0 spiro atoms. The molecule has 2 aromatic rings. The fraction of sp³-hybridized carbons (Fsp3) is 0.500. The molecule has 0 radical (unpaired) electrons. The zero-order valence-corrected chi connectivity index (χ0v) is 12.1. The zero-order valence-electron chi connectivity index (χ0n) is 12.1. The van der Waals surface area contributed by atoms with Gasteiger partial charge >= 0.3 is 0 Å². The van der Waals surface area contributed by atoms with E-state index in [9.17, 15) is 0 Å². The average Bonchev–Trinajstić information content (AvgIpc) is 2.77. The summed E-state index contributed by atoms with van der Waals surface area (Å²) in [6.07, 6.45) is 1.02. The second-order valence-electron chi connectivity index (χ2n) is 5.68. The van der Waals surface area contributed by atoms with Crippen molar-refractivity contribution in [3.63, 3.8) is 0 Å². The number of rotatable bonds is 6. The molecule has 3 nitrogen and oxygen atoms in total. The van der Waals surface area contributed by atoms with E-state index in [1.54, 1.807) is 0 Å². The molecule has 0 saturated heterocycles. The van der Waals surface area contributed by atoms with E-state index in [-0.39, 0.29) is 6.04 Å². The van der Waals surface area contributed by atoms with Crippen molar-refractivity contribution in [3.8, 4) is 0 Å². The minimum absolute atomic E-state index is 0.276. The Bertz CT molecular complexity index is 485. The number of para-hydroxylation sites is 1. The summed E-state index contributed by atoms with van der Waals surface area (Å²) in [5.41, 5.74) is 7.03. The lowest BCUT2D eigenvalue weighted by Crippen LogP contribution is -2.31. The van der Waals surface area contributed by atoms with Crippen molar-refractivity contribution in [1.29, 1.82) is 0 Å². The van der Waals surface area contributed by atoms with Crippen LogP contribution in [0.3, 0.4) is 0 Å². The van der Waals surface area contributed by atoms with Crippen molar-refractivity contribution < 1.29 is 4.42 Å². The highest BCUT2D eigenvalue weighted by molar-refractivity contribution is 5.77. The largest absolute Gasteiger partial charge is 0.460 e. The fourth-order valence-corrected chi connectivity index (χ4v) is 2.16. The van der Waals surface area contributed by atoms with Gasteiger partial charge in [-0.2, -0.15) is 0 Å². The van der Waals surface area contributed by atoms with Crippen molar-refractivity contribution in [2.75, 3.05) is 13.6 Å². The van der Waals surface area contributed by atoms with Gasteiger partial charge in [0, 0.05) is 11.4 Å². The Morgan fingerprint density at radius 2 is 2.00 bits per heavy atom. The highest BCUT2D eigenvalue weighted by Gasteiger charge is 2.10. The summed E-state index contributed by atoms with van der Waals surface area (Å²) < 4.78 is 5.82. The summed E-state index contributed by atoms with van der Waals surface area (Å²) in [5.74, 6) is 1.56. The Labute approximate surface area is 115 Å². The van der Waals surface area contributed by atoms with E-state index in [0.717, 1.165) is 30.9 Å². The molecule has 0 aliphatic carbocycles. The maximum absolute atomic E-state index is 6.07. The normalized spacial score (nSPS) is 13.6. The quantitative estimate of drug-likeness (QED) is 0.867. The number of hydrogen-bond acceptors (Lipinski definition) is 3. The first-order valence-corrected chi connectivity index (χ1v) is 6.98. The number of nitrogens with two attached hydrogens (primary N) is 1. The summed E-state index contributed by atoms with van der Waals surface area (Å²) in [7, 11) is 2.11. The SMILES string of the molecule is CC(C)C(N)CCN(C)Cc1cc2ccccc2o1. The molecule has 1 aromatic carbocycles. The number of fused-ring (bicyclic) bond motifs is 1. The number of benzene rings is 1. The van der Waals surface area contributed by atoms with Crippen LogP contribution in [-0.4, -0.2) is 24.5 Å². The highest BCUT2D eigenvalue weighted by atomic mass is 16.3. The fourth-order valence-electron chi connectivity index (χ4n) is 2.16. The summed E-state index contributed by atoms with van der Waals surface area (Å²) in [6.45, 7) is 6.17. The van der Waals surface area contributed by atoms with Crippen LogP contribution in [0.4, 0.5) is 0 Å². The smallest absolute Gasteiger partial charge is 0.134 e. The monoisotopic (exact) mass is 260 g/mol. The second kappa shape index (κ2) is 6.22. The Kier molecular flexibility index (Phi) is 4.61. The van der Waals surface area contributed by atoms with Gasteiger partial charge in [0.25, 0.3) is 0 Å². The maximum atomic E-state index is 6.07. The van der Waals surface area contributed by atoms with Gasteiger partial charge in [0.05, 0.1) is 6.54 Å². The van der Waals surface area contributed by atoms with Crippen molar-refractivity contribution in [2.45, 2.75) is 32.9 Å². The number of nitrogens with zero attached hydrogens (tertiary/aromatic N) is 1. The van der Waals surface area contributed by atoms with Gasteiger partial charge in [-0.05, 0) is 38.1 Å². The maximum Gasteiger partial charge on any atom is 0.134 e. The third-order valence-corrected chi connectivity index (χ3v) is 3.60. The van der Waals surface area contributed by atoms with Crippen LogP contribution in [0.15, 0.2) is 34.7 Å². The molecule has 3 heteroatoms. The van der Waals surface area contributed by atoms with Gasteiger partial charge in [-0.25, -0.2) is 0 Å². The lowest BCUT2D eigenvalue weighted by molar-refractivity contribution is 0.276. The van der Waals surface area contributed by atoms with E-state index < -0.39 is 0 Å². The van der Waals surface area contributed by atoms with Crippen molar-refractivity contribution >= 4 is 11.0 Å². The number of hydrogen-bond donors (Lipinski definition) is 1. The minimum atomic E-state index is 0.276. The van der Waals surface area contributed by atoms with Crippen LogP contribution in [0.2, 0.25) is 0 Å². The molecule has 0 amide bonds. The van der Waals surface area contributed by atoms with Crippen LogP contribution >= 0.6 is 0 Å². The van der Waals surface area contributed by atoms with Gasteiger partial charge in [0.15, 0.2) is 0 Å². The van der Waals surface area contributed by atoms with E-state index >= 15 is 0 Å².